The lowest BCUT2D eigenvalue weighted by Gasteiger charge is -2.36. The fraction of sp³-hybridized carbons (Fsp3) is 0.875. The van der Waals surface area contributed by atoms with Crippen molar-refractivity contribution < 1.29 is 4.12 Å². The molecule has 0 aromatic rings. The Morgan fingerprint density at radius 1 is 1.00 bits per heavy atom. The Hall–Kier alpha value is 0.134. The Labute approximate surface area is 124 Å². The molecule has 0 amide bonds. The van der Waals surface area contributed by atoms with Crippen LogP contribution in [-0.4, -0.2) is 16.6 Å². The van der Waals surface area contributed by atoms with Crippen LogP contribution in [0.15, 0.2) is 11.6 Å². The third-order valence-corrected chi connectivity index (χ3v) is 11.3. The van der Waals surface area contributed by atoms with Crippen molar-refractivity contribution in [3.8, 4) is 0 Å². The van der Waals surface area contributed by atoms with E-state index in [1.54, 1.807) is 5.57 Å². The molecule has 0 aromatic heterocycles. The van der Waals surface area contributed by atoms with Crippen molar-refractivity contribution >= 4 is 16.6 Å². The van der Waals surface area contributed by atoms with E-state index in [2.05, 4.69) is 60.0 Å². The van der Waals surface area contributed by atoms with Gasteiger partial charge in [0.2, 0.25) is 0 Å². The lowest BCUT2D eigenvalue weighted by atomic mass is 10.1. The largest absolute Gasteiger partial charge is 0.455 e. The van der Waals surface area contributed by atoms with Gasteiger partial charge in [0, 0.05) is 0 Å². The first-order valence-electron chi connectivity index (χ1n) is 8.03. The molecule has 0 spiro atoms. The van der Waals surface area contributed by atoms with Crippen LogP contribution in [0.3, 0.4) is 0 Å². The van der Waals surface area contributed by atoms with Gasteiger partial charge in [0.25, 0.3) is 0 Å². The molecule has 19 heavy (non-hydrogen) atoms. The first-order chi connectivity index (χ1) is 8.69. The average Bonchev–Trinajstić information content (AvgIpc) is 2.31. The highest BCUT2D eigenvalue weighted by molar-refractivity contribution is 6.85. The first kappa shape index (κ1) is 19.1. The molecule has 0 aliphatic heterocycles. The predicted octanol–water partition coefficient (Wildman–Crippen LogP) is 6.21. The summed E-state index contributed by atoms with van der Waals surface area (Å²) >= 11 is 0. The van der Waals surface area contributed by atoms with Gasteiger partial charge in [-0.2, -0.15) is 0 Å². The van der Waals surface area contributed by atoms with E-state index in [-0.39, 0.29) is 0 Å². The fourth-order valence-electron chi connectivity index (χ4n) is 3.08. The van der Waals surface area contributed by atoms with Crippen molar-refractivity contribution in [3.63, 3.8) is 0 Å². The Morgan fingerprint density at radius 2 is 1.53 bits per heavy atom. The van der Waals surface area contributed by atoms with Crippen LogP contribution in [0.1, 0.15) is 47.0 Å². The summed E-state index contributed by atoms with van der Waals surface area (Å²) in [4.78, 5) is 0. The van der Waals surface area contributed by atoms with Gasteiger partial charge in [-0.15, -0.1) is 0 Å². The van der Waals surface area contributed by atoms with E-state index in [1.165, 1.54) is 31.4 Å². The van der Waals surface area contributed by atoms with E-state index in [0.717, 1.165) is 5.92 Å². The summed E-state index contributed by atoms with van der Waals surface area (Å²) in [5.41, 5.74) is 1.57. The molecule has 3 heteroatoms. The third kappa shape index (κ3) is 8.10. The van der Waals surface area contributed by atoms with Crippen molar-refractivity contribution in [2.45, 2.75) is 85.2 Å². The molecule has 0 heterocycles. The Kier molecular flexibility index (Phi) is 8.49. The SMILES string of the molecule is C/C=C(\CC)C[Si](C)(C)O[Si](C)(C)CC(CC)CC. The maximum atomic E-state index is 6.73. The van der Waals surface area contributed by atoms with Crippen molar-refractivity contribution in [1.29, 1.82) is 0 Å². The van der Waals surface area contributed by atoms with Crippen molar-refractivity contribution in [2.24, 2.45) is 5.92 Å². The van der Waals surface area contributed by atoms with Crippen LogP contribution in [0.2, 0.25) is 38.3 Å². The van der Waals surface area contributed by atoms with Gasteiger partial charge in [0.15, 0.2) is 16.6 Å². The van der Waals surface area contributed by atoms with E-state index >= 15 is 0 Å². The van der Waals surface area contributed by atoms with Crippen LogP contribution >= 0.6 is 0 Å². The molecule has 114 valence electrons. The summed E-state index contributed by atoms with van der Waals surface area (Å²) < 4.78 is 6.73. The molecule has 0 radical (unpaired) electrons. The standard InChI is InChI=1S/C16H36OSi2/c1-9-15(10-2)13-18(5,6)17-19(7,8)14-16(11-3)12-4/h9,16H,10-14H2,1-8H3/b15-9+. The average molecular weight is 301 g/mol. The normalized spacial score (nSPS) is 14.3. The summed E-state index contributed by atoms with van der Waals surface area (Å²) in [5, 5.41) is 0. The highest BCUT2D eigenvalue weighted by atomic mass is 28.4. The topological polar surface area (TPSA) is 9.23 Å². The van der Waals surface area contributed by atoms with Crippen LogP contribution in [-0.2, 0) is 4.12 Å². The van der Waals surface area contributed by atoms with Crippen LogP contribution in [0.25, 0.3) is 0 Å². The summed E-state index contributed by atoms with van der Waals surface area (Å²) in [6.07, 6.45) is 6.05. The highest BCUT2D eigenvalue weighted by Crippen LogP contribution is 2.29. The molecule has 0 saturated heterocycles. The number of hydrogen-bond donors (Lipinski definition) is 0. The summed E-state index contributed by atoms with van der Waals surface area (Å²) in [7, 11) is -3.04. The zero-order valence-corrected chi connectivity index (χ0v) is 16.6. The molecular weight excluding hydrogens is 264 g/mol. The van der Waals surface area contributed by atoms with Crippen molar-refractivity contribution in [2.75, 3.05) is 0 Å². The van der Waals surface area contributed by atoms with Gasteiger partial charge in [-0.3, -0.25) is 0 Å². The van der Waals surface area contributed by atoms with Crippen molar-refractivity contribution in [1.82, 2.24) is 0 Å². The summed E-state index contributed by atoms with van der Waals surface area (Å²) in [5.74, 6) is 0.860. The molecule has 0 aliphatic rings. The number of rotatable bonds is 9. The van der Waals surface area contributed by atoms with Gasteiger partial charge in [0.05, 0.1) is 0 Å². The van der Waals surface area contributed by atoms with Gasteiger partial charge in [-0.05, 0) is 57.5 Å². The minimum atomic E-state index is -1.54. The van der Waals surface area contributed by atoms with Crippen LogP contribution in [0.4, 0.5) is 0 Å². The van der Waals surface area contributed by atoms with Crippen LogP contribution < -0.4 is 0 Å². The van der Waals surface area contributed by atoms with Gasteiger partial charge < -0.3 is 4.12 Å². The Bertz CT molecular complexity index is 278. The molecule has 0 aliphatic carbocycles. The van der Waals surface area contributed by atoms with E-state index in [4.69, 9.17) is 4.12 Å². The minimum Gasteiger partial charge on any atom is -0.455 e. The summed E-state index contributed by atoms with van der Waals surface area (Å²) in [6, 6.07) is 2.53. The molecule has 1 nitrogen and oxygen atoms in total. The number of hydrogen-bond acceptors (Lipinski definition) is 1. The van der Waals surface area contributed by atoms with Gasteiger partial charge in [-0.25, -0.2) is 0 Å². The molecule has 0 atom stereocenters. The second-order valence-corrected chi connectivity index (χ2v) is 15.6. The quantitative estimate of drug-likeness (QED) is 0.363. The van der Waals surface area contributed by atoms with Crippen molar-refractivity contribution in [3.05, 3.63) is 11.6 Å². The molecule has 0 saturated carbocycles. The zero-order chi connectivity index (χ0) is 15.1. The third-order valence-electron chi connectivity index (χ3n) is 4.00. The molecule has 0 aromatic carbocycles. The molecule has 0 rings (SSSR count). The van der Waals surface area contributed by atoms with Gasteiger partial charge in [-0.1, -0.05) is 45.3 Å². The highest BCUT2D eigenvalue weighted by Gasteiger charge is 2.34. The zero-order valence-electron chi connectivity index (χ0n) is 14.6. The second kappa shape index (κ2) is 8.43. The molecule has 0 N–H and O–H groups in total. The fourth-order valence-corrected chi connectivity index (χ4v) is 13.2. The monoisotopic (exact) mass is 300 g/mol. The van der Waals surface area contributed by atoms with Gasteiger partial charge in [0.1, 0.15) is 0 Å². The van der Waals surface area contributed by atoms with Gasteiger partial charge >= 0.3 is 0 Å². The molecule has 0 fully saturated rings. The maximum Gasteiger partial charge on any atom is 0.177 e. The van der Waals surface area contributed by atoms with E-state index in [9.17, 15) is 0 Å². The summed E-state index contributed by atoms with van der Waals surface area (Å²) in [6.45, 7) is 18.7. The lowest BCUT2D eigenvalue weighted by Crippen LogP contribution is -2.45. The first-order valence-corrected chi connectivity index (χ1v) is 14.3. The van der Waals surface area contributed by atoms with E-state index in [0.29, 0.717) is 0 Å². The Balaban J connectivity index is 4.61. The van der Waals surface area contributed by atoms with E-state index < -0.39 is 16.6 Å². The Morgan fingerprint density at radius 3 is 1.89 bits per heavy atom. The lowest BCUT2D eigenvalue weighted by molar-refractivity contribution is 0.479. The molecule has 0 bridgehead atoms. The molecule has 0 unspecified atom stereocenters. The van der Waals surface area contributed by atoms with Crippen LogP contribution in [0, 0.1) is 5.92 Å². The molecular formula is C16H36OSi2. The smallest absolute Gasteiger partial charge is 0.177 e. The predicted molar refractivity (Wildman–Crippen MR) is 93.8 cm³/mol. The second-order valence-electron chi connectivity index (χ2n) is 6.99. The van der Waals surface area contributed by atoms with Crippen LogP contribution in [0.5, 0.6) is 0 Å². The minimum absolute atomic E-state index is 0.860. The number of allylic oxidation sites excluding steroid dienone is 2. The maximum absolute atomic E-state index is 6.73. The van der Waals surface area contributed by atoms with E-state index in [1.807, 2.05) is 0 Å².